The van der Waals surface area contributed by atoms with E-state index in [9.17, 15) is 22.0 Å². The Hall–Kier alpha value is -3.28. The second kappa shape index (κ2) is 10.5. The average molecular weight is 564 g/mol. The van der Waals surface area contributed by atoms with Gasteiger partial charge in [-0.3, -0.25) is 4.79 Å². The van der Waals surface area contributed by atoms with Crippen LogP contribution in [0.2, 0.25) is 5.02 Å². The molecule has 200 valence electrons. The molecule has 1 saturated heterocycles. The van der Waals surface area contributed by atoms with Crippen LogP contribution in [-0.4, -0.2) is 50.0 Å². The largest absolute Gasteiger partial charge is 0.490 e. The highest BCUT2D eigenvalue weighted by Crippen LogP contribution is 2.36. The predicted octanol–water partition coefficient (Wildman–Crippen LogP) is 4.91. The standard InChI is InChI=1S/C26H24ClF2N3O5S/c1-16-25(24(37-30-16)6-3-17-2-5-20(28)15-21(17)29)38(34,35)31-10-8-18(9-11-31)26(33)32-12-13-36-23-7-4-19(27)14-22(23)32/h2-7,14-15,18H,8-13H2,1H3. The molecule has 3 heterocycles. The number of aromatic nitrogens is 1. The highest BCUT2D eigenvalue weighted by molar-refractivity contribution is 7.89. The van der Waals surface area contributed by atoms with Gasteiger partial charge in [-0.05, 0) is 62.2 Å². The summed E-state index contributed by atoms with van der Waals surface area (Å²) in [7, 11) is -4.02. The van der Waals surface area contributed by atoms with Crippen molar-refractivity contribution in [1.82, 2.24) is 9.46 Å². The number of anilines is 1. The third kappa shape index (κ3) is 5.05. The molecule has 2 aliphatic heterocycles. The van der Waals surface area contributed by atoms with Gasteiger partial charge in [-0.15, -0.1) is 0 Å². The van der Waals surface area contributed by atoms with E-state index in [0.29, 0.717) is 42.5 Å². The summed E-state index contributed by atoms with van der Waals surface area (Å²) in [6, 6.07) is 8.18. The van der Waals surface area contributed by atoms with Crippen molar-refractivity contribution in [3.05, 3.63) is 70.1 Å². The summed E-state index contributed by atoms with van der Waals surface area (Å²) in [5.74, 6) is -1.46. The van der Waals surface area contributed by atoms with Gasteiger partial charge in [0.05, 0.1) is 12.2 Å². The van der Waals surface area contributed by atoms with Crippen LogP contribution in [0.5, 0.6) is 5.75 Å². The molecule has 5 rings (SSSR count). The van der Waals surface area contributed by atoms with E-state index >= 15 is 0 Å². The number of benzene rings is 2. The first-order valence-electron chi connectivity index (χ1n) is 12.0. The third-order valence-electron chi connectivity index (χ3n) is 6.66. The van der Waals surface area contributed by atoms with Crippen LogP contribution < -0.4 is 9.64 Å². The Balaban J connectivity index is 1.31. The van der Waals surface area contributed by atoms with Crippen LogP contribution in [0.3, 0.4) is 0 Å². The maximum atomic E-state index is 14.0. The molecule has 0 unspecified atom stereocenters. The monoisotopic (exact) mass is 563 g/mol. The fourth-order valence-electron chi connectivity index (χ4n) is 4.71. The molecule has 8 nitrogen and oxygen atoms in total. The van der Waals surface area contributed by atoms with Gasteiger partial charge in [-0.25, -0.2) is 17.2 Å². The number of amides is 1. The first-order valence-corrected chi connectivity index (χ1v) is 13.8. The normalized spacial score (nSPS) is 17.0. The van der Waals surface area contributed by atoms with Crippen molar-refractivity contribution >= 4 is 45.4 Å². The van der Waals surface area contributed by atoms with Crippen LogP contribution in [0.15, 0.2) is 45.8 Å². The fraction of sp³-hybridized carbons (Fsp3) is 0.308. The van der Waals surface area contributed by atoms with Gasteiger partial charge in [-0.1, -0.05) is 16.8 Å². The van der Waals surface area contributed by atoms with Gasteiger partial charge in [0.2, 0.25) is 15.9 Å². The number of hydrogen-bond acceptors (Lipinski definition) is 6. The zero-order chi connectivity index (χ0) is 27.0. The topological polar surface area (TPSA) is 93.0 Å². The van der Waals surface area contributed by atoms with E-state index in [1.807, 2.05) is 0 Å². The number of nitrogens with zero attached hydrogens (tertiary/aromatic N) is 3. The first-order chi connectivity index (χ1) is 18.1. The number of carbonyl (C=O) groups is 1. The van der Waals surface area contributed by atoms with E-state index in [1.165, 1.54) is 29.4 Å². The van der Waals surface area contributed by atoms with Gasteiger partial charge in [0.15, 0.2) is 10.7 Å². The molecule has 0 N–H and O–H groups in total. The van der Waals surface area contributed by atoms with Gasteiger partial charge in [0.25, 0.3) is 0 Å². The highest BCUT2D eigenvalue weighted by Gasteiger charge is 2.38. The van der Waals surface area contributed by atoms with Crippen LogP contribution >= 0.6 is 11.6 Å². The number of piperidine rings is 1. The van der Waals surface area contributed by atoms with Crippen molar-refractivity contribution in [1.29, 1.82) is 0 Å². The molecule has 0 atom stereocenters. The van der Waals surface area contributed by atoms with Crippen LogP contribution in [0, 0.1) is 24.5 Å². The molecule has 0 spiro atoms. The SMILES string of the molecule is Cc1noc(C=Cc2ccc(F)cc2F)c1S(=O)(=O)N1CCC(C(=O)N2CCOc3ccc(Cl)cc32)CC1. The first kappa shape index (κ1) is 26.3. The number of hydrogen-bond donors (Lipinski definition) is 0. The maximum absolute atomic E-state index is 14.0. The summed E-state index contributed by atoms with van der Waals surface area (Å²) in [5.41, 5.74) is 0.830. The zero-order valence-electron chi connectivity index (χ0n) is 20.4. The highest BCUT2D eigenvalue weighted by atomic mass is 35.5. The van der Waals surface area contributed by atoms with Crippen LogP contribution in [0.4, 0.5) is 14.5 Å². The van der Waals surface area contributed by atoms with Crippen molar-refractivity contribution in [2.45, 2.75) is 24.7 Å². The Labute approximate surface area is 223 Å². The van der Waals surface area contributed by atoms with Crippen molar-refractivity contribution in [2.75, 3.05) is 31.1 Å². The molecule has 1 aromatic heterocycles. The molecule has 12 heteroatoms. The molecular weight excluding hydrogens is 540 g/mol. The molecule has 1 fully saturated rings. The molecule has 38 heavy (non-hydrogen) atoms. The van der Waals surface area contributed by atoms with Gasteiger partial charge in [0, 0.05) is 35.7 Å². The third-order valence-corrected chi connectivity index (χ3v) is 8.95. The smallest absolute Gasteiger partial charge is 0.248 e. The number of sulfonamides is 1. The van der Waals surface area contributed by atoms with Gasteiger partial charge < -0.3 is 14.2 Å². The Morgan fingerprint density at radius 3 is 2.61 bits per heavy atom. The van der Waals surface area contributed by atoms with Gasteiger partial charge >= 0.3 is 0 Å². The molecule has 0 saturated carbocycles. The lowest BCUT2D eigenvalue weighted by molar-refractivity contribution is -0.123. The zero-order valence-corrected chi connectivity index (χ0v) is 21.9. The van der Waals surface area contributed by atoms with Crippen molar-refractivity contribution < 1.29 is 31.3 Å². The summed E-state index contributed by atoms with van der Waals surface area (Å²) >= 11 is 6.13. The minimum Gasteiger partial charge on any atom is -0.490 e. The van der Waals surface area contributed by atoms with Gasteiger partial charge in [-0.2, -0.15) is 4.31 Å². The maximum Gasteiger partial charge on any atom is 0.248 e. The summed E-state index contributed by atoms with van der Waals surface area (Å²) in [6.45, 7) is 2.51. The summed E-state index contributed by atoms with van der Waals surface area (Å²) in [4.78, 5) is 14.9. The molecule has 3 aromatic rings. The Bertz CT molecular complexity index is 1520. The van der Waals surface area contributed by atoms with E-state index in [1.54, 1.807) is 23.1 Å². The van der Waals surface area contributed by atoms with Crippen LogP contribution in [0.1, 0.15) is 29.9 Å². The van der Waals surface area contributed by atoms with Crippen LogP contribution in [0.25, 0.3) is 12.2 Å². The van der Waals surface area contributed by atoms with Gasteiger partial charge in [0.1, 0.15) is 29.7 Å². The second-order valence-corrected chi connectivity index (χ2v) is 11.4. The summed E-state index contributed by atoms with van der Waals surface area (Å²) in [6.07, 6.45) is 3.26. The molecule has 0 bridgehead atoms. The molecule has 2 aliphatic rings. The lowest BCUT2D eigenvalue weighted by Crippen LogP contribution is -2.46. The molecule has 0 radical (unpaired) electrons. The molecular formula is C26H24ClF2N3O5S. The number of halogens is 3. The van der Waals surface area contributed by atoms with E-state index in [2.05, 4.69) is 5.16 Å². The van der Waals surface area contributed by atoms with Crippen molar-refractivity contribution in [3.8, 4) is 5.75 Å². The molecule has 2 aromatic carbocycles. The number of fused-ring (bicyclic) bond motifs is 1. The van der Waals surface area contributed by atoms with Crippen molar-refractivity contribution in [2.24, 2.45) is 5.92 Å². The average Bonchev–Trinajstić information content (AvgIpc) is 3.28. The second-order valence-electron chi connectivity index (χ2n) is 9.09. The van der Waals surface area contributed by atoms with E-state index in [4.69, 9.17) is 20.9 Å². The molecule has 0 aliphatic carbocycles. The van der Waals surface area contributed by atoms with Crippen LogP contribution in [-0.2, 0) is 14.8 Å². The number of aryl methyl sites for hydroxylation is 1. The van der Waals surface area contributed by atoms with Crippen molar-refractivity contribution in [3.63, 3.8) is 0 Å². The summed E-state index contributed by atoms with van der Waals surface area (Å²) in [5, 5.41) is 4.28. The minimum atomic E-state index is -4.02. The summed E-state index contributed by atoms with van der Waals surface area (Å²) < 4.78 is 66.4. The minimum absolute atomic E-state index is 0.0637. The lowest BCUT2D eigenvalue weighted by atomic mass is 9.96. The fourth-order valence-corrected chi connectivity index (χ4v) is 6.60. The Morgan fingerprint density at radius 1 is 1.11 bits per heavy atom. The van der Waals surface area contributed by atoms with E-state index in [0.717, 1.165) is 12.1 Å². The quantitative estimate of drug-likeness (QED) is 0.438. The number of carbonyl (C=O) groups excluding carboxylic acids is 1. The predicted molar refractivity (Wildman–Crippen MR) is 137 cm³/mol. The van der Waals surface area contributed by atoms with E-state index < -0.39 is 21.7 Å². The Morgan fingerprint density at radius 2 is 1.87 bits per heavy atom. The van der Waals surface area contributed by atoms with E-state index in [-0.39, 0.29) is 46.8 Å². The molecule has 1 amide bonds. The number of ether oxygens (including phenoxy) is 1. The Kier molecular flexibility index (Phi) is 7.26. The number of rotatable bonds is 5. The lowest BCUT2D eigenvalue weighted by Gasteiger charge is -2.35.